The van der Waals surface area contributed by atoms with Crippen LogP contribution in [0.25, 0.3) is 0 Å². The first-order chi connectivity index (χ1) is 10.2. The highest BCUT2D eigenvalue weighted by Crippen LogP contribution is 2.34. The molecule has 0 amide bonds. The van der Waals surface area contributed by atoms with Gasteiger partial charge in [-0.1, -0.05) is 45.4 Å². The number of aliphatic hydroxyl groups is 1. The van der Waals surface area contributed by atoms with Crippen LogP contribution in [0.1, 0.15) is 77.6 Å². The van der Waals surface area contributed by atoms with Crippen LogP contribution >= 0.6 is 0 Å². The van der Waals surface area contributed by atoms with E-state index in [1.165, 1.54) is 70.6 Å². The number of aliphatic hydroxyl groups excluding tert-OH is 1. The van der Waals surface area contributed by atoms with E-state index in [2.05, 4.69) is 12.2 Å². The molecule has 3 nitrogen and oxygen atoms in total. The second-order valence-corrected chi connectivity index (χ2v) is 7.55. The fourth-order valence-corrected chi connectivity index (χ4v) is 4.59. The predicted molar refractivity (Wildman–Crippen MR) is 89.2 cm³/mol. The summed E-state index contributed by atoms with van der Waals surface area (Å²) >= 11 is 0. The van der Waals surface area contributed by atoms with Crippen molar-refractivity contribution in [1.82, 2.24) is 5.32 Å². The molecule has 0 aromatic rings. The summed E-state index contributed by atoms with van der Waals surface area (Å²) in [5, 5.41) is 13.6. The number of hydrogen-bond acceptors (Lipinski definition) is 3. The van der Waals surface area contributed by atoms with Gasteiger partial charge in [0.15, 0.2) is 0 Å². The molecule has 2 aliphatic rings. The zero-order chi connectivity index (χ0) is 15.1. The molecule has 2 rings (SSSR count). The summed E-state index contributed by atoms with van der Waals surface area (Å²) in [7, 11) is 0. The summed E-state index contributed by atoms with van der Waals surface area (Å²) in [6.07, 6.45) is 14.1. The van der Waals surface area contributed by atoms with Crippen molar-refractivity contribution < 1.29 is 5.11 Å². The molecule has 0 radical (unpaired) electrons. The smallest absolute Gasteiger partial charge is 0.0474 e. The molecule has 21 heavy (non-hydrogen) atoms. The molecule has 0 bridgehead atoms. The molecular formula is C18H36N2O. The fraction of sp³-hybridized carbons (Fsp3) is 1.00. The summed E-state index contributed by atoms with van der Waals surface area (Å²) in [5.41, 5.74) is 6.34. The Balaban J connectivity index is 1.96. The Hall–Kier alpha value is -0.120. The minimum Gasteiger partial charge on any atom is -0.396 e. The van der Waals surface area contributed by atoms with Gasteiger partial charge in [0.25, 0.3) is 0 Å². The lowest BCUT2D eigenvalue weighted by atomic mass is 9.81. The number of hydrogen-bond donors (Lipinski definition) is 3. The maximum Gasteiger partial charge on any atom is 0.0474 e. The average molecular weight is 296 g/mol. The van der Waals surface area contributed by atoms with E-state index in [0.717, 1.165) is 12.5 Å². The van der Waals surface area contributed by atoms with E-state index in [1.807, 2.05) is 0 Å². The van der Waals surface area contributed by atoms with Crippen LogP contribution in [-0.2, 0) is 0 Å². The minimum atomic E-state index is 0.137. The van der Waals surface area contributed by atoms with Gasteiger partial charge in [-0.25, -0.2) is 0 Å². The van der Waals surface area contributed by atoms with E-state index in [4.69, 9.17) is 5.73 Å². The third-order valence-electron chi connectivity index (χ3n) is 6.02. The molecular weight excluding hydrogens is 260 g/mol. The third kappa shape index (κ3) is 4.67. The maximum atomic E-state index is 9.64. The van der Waals surface area contributed by atoms with E-state index in [1.54, 1.807) is 0 Å². The Bertz CT molecular complexity index is 297. The SMILES string of the molecule is CCCC1CCCC(CN)(NC2CCCCC2CO)CC1. The number of nitrogens with one attached hydrogen (secondary N) is 1. The topological polar surface area (TPSA) is 58.3 Å². The van der Waals surface area contributed by atoms with Crippen LogP contribution in [0.15, 0.2) is 0 Å². The van der Waals surface area contributed by atoms with Crippen molar-refractivity contribution in [3.05, 3.63) is 0 Å². The lowest BCUT2D eigenvalue weighted by Crippen LogP contribution is -2.57. The zero-order valence-electron chi connectivity index (χ0n) is 13.9. The van der Waals surface area contributed by atoms with Gasteiger partial charge >= 0.3 is 0 Å². The molecule has 0 heterocycles. The van der Waals surface area contributed by atoms with E-state index >= 15 is 0 Å². The Morgan fingerprint density at radius 3 is 2.62 bits per heavy atom. The van der Waals surface area contributed by atoms with Crippen molar-refractivity contribution in [2.45, 2.75) is 89.1 Å². The van der Waals surface area contributed by atoms with Crippen LogP contribution in [-0.4, -0.2) is 29.8 Å². The van der Waals surface area contributed by atoms with Gasteiger partial charge in [0.1, 0.15) is 0 Å². The predicted octanol–water partition coefficient (Wildman–Crippen LogP) is 3.21. The van der Waals surface area contributed by atoms with Crippen molar-refractivity contribution in [2.75, 3.05) is 13.2 Å². The van der Waals surface area contributed by atoms with Crippen molar-refractivity contribution in [3.8, 4) is 0 Å². The number of nitrogens with two attached hydrogens (primary N) is 1. The monoisotopic (exact) mass is 296 g/mol. The summed E-state index contributed by atoms with van der Waals surface area (Å²) in [5.74, 6) is 1.35. The van der Waals surface area contributed by atoms with Gasteiger partial charge in [0.05, 0.1) is 0 Å². The second kappa shape index (κ2) is 8.50. The quantitative estimate of drug-likeness (QED) is 0.660. The van der Waals surface area contributed by atoms with Gasteiger partial charge in [-0.05, 0) is 43.9 Å². The lowest BCUT2D eigenvalue weighted by molar-refractivity contribution is 0.121. The summed E-state index contributed by atoms with van der Waals surface area (Å²) < 4.78 is 0. The molecule has 3 heteroatoms. The highest BCUT2D eigenvalue weighted by Gasteiger charge is 2.36. The minimum absolute atomic E-state index is 0.137. The van der Waals surface area contributed by atoms with Crippen molar-refractivity contribution in [2.24, 2.45) is 17.6 Å². The van der Waals surface area contributed by atoms with Crippen LogP contribution < -0.4 is 11.1 Å². The Morgan fingerprint density at radius 2 is 1.90 bits per heavy atom. The summed E-state index contributed by atoms with van der Waals surface area (Å²) in [6.45, 7) is 3.38. The van der Waals surface area contributed by atoms with Gasteiger partial charge in [0, 0.05) is 24.7 Å². The molecule has 0 aromatic carbocycles. The average Bonchev–Trinajstić information content (AvgIpc) is 2.72. The molecule has 0 saturated heterocycles. The Morgan fingerprint density at radius 1 is 1.10 bits per heavy atom. The van der Waals surface area contributed by atoms with Crippen molar-refractivity contribution >= 4 is 0 Å². The molecule has 124 valence electrons. The number of rotatable bonds is 6. The largest absolute Gasteiger partial charge is 0.396 e. The molecule has 2 fully saturated rings. The van der Waals surface area contributed by atoms with E-state index in [0.29, 0.717) is 18.6 Å². The first-order valence-electron chi connectivity index (χ1n) is 9.31. The van der Waals surface area contributed by atoms with E-state index < -0.39 is 0 Å². The molecule has 0 spiro atoms. The standard InChI is InChI=1S/C18H36N2O/c1-2-6-15-7-5-11-18(14-19,12-10-15)20-17-9-4-3-8-16(17)13-21/h15-17,20-21H,2-14,19H2,1H3. The Labute approximate surface area is 131 Å². The summed E-state index contributed by atoms with van der Waals surface area (Å²) in [6, 6.07) is 0.482. The Kier molecular flexibility index (Phi) is 6.97. The van der Waals surface area contributed by atoms with Crippen LogP contribution in [0.2, 0.25) is 0 Å². The third-order valence-corrected chi connectivity index (χ3v) is 6.02. The lowest BCUT2D eigenvalue weighted by Gasteiger charge is -2.41. The second-order valence-electron chi connectivity index (χ2n) is 7.55. The van der Waals surface area contributed by atoms with Gasteiger partial charge in [-0.15, -0.1) is 0 Å². The van der Waals surface area contributed by atoms with Crippen LogP contribution in [0.4, 0.5) is 0 Å². The molecule has 0 aromatic heterocycles. The molecule has 2 saturated carbocycles. The maximum absolute atomic E-state index is 9.64. The molecule has 2 aliphatic carbocycles. The zero-order valence-corrected chi connectivity index (χ0v) is 13.9. The van der Waals surface area contributed by atoms with Crippen LogP contribution in [0, 0.1) is 11.8 Å². The van der Waals surface area contributed by atoms with Gasteiger partial charge < -0.3 is 16.2 Å². The normalized spacial score (nSPS) is 38.1. The van der Waals surface area contributed by atoms with Crippen molar-refractivity contribution in [1.29, 1.82) is 0 Å². The van der Waals surface area contributed by atoms with Gasteiger partial charge in [-0.2, -0.15) is 0 Å². The van der Waals surface area contributed by atoms with E-state index in [9.17, 15) is 5.11 Å². The molecule has 4 unspecified atom stereocenters. The molecule has 4 N–H and O–H groups in total. The fourth-order valence-electron chi connectivity index (χ4n) is 4.59. The highest BCUT2D eigenvalue weighted by molar-refractivity contribution is 4.96. The van der Waals surface area contributed by atoms with Crippen LogP contribution in [0.5, 0.6) is 0 Å². The first-order valence-corrected chi connectivity index (χ1v) is 9.31. The van der Waals surface area contributed by atoms with Gasteiger partial charge in [0.2, 0.25) is 0 Å². The summed E-state index contributed by atoms with van der Waals surface area (Å²) in [4.78, 5) is 0. The molecule has 0 aliphatic heterocycles. The van der Waals surface area contributed by atoms with E-state index in [-0.39, 0.29) is 5.54 Å². The highest BCUT2D eigenvalue weighted by atomic mass is 16.3. The van der Waals surface area contributed by atoms with Gasteiger partial charge in [-0.3, -0.25) is 0 Å². The molecule has 4 atom stereocenters. The van der Waals surface area contributed by atoms with Crippen LogP contribution in [0.3, 0.4) is 0 Å². The van der Waals surface area contributed by atoms with Crippen molar-refractivity contribution in [3.63, 3.8) is 0 Å². The first kappa shape index (κ1) is 17.2.